The molecule has 1 unspecified atom stereocenters. The Morgan fingerprint density at radius 2 is 1.60 bits per heavy atom. The van der Waals surface area contributed by atoms with Crippen molar-refractivity contribution in [3.05, 3.63) is 0 Å². The van der Waals surface area contributed by atoms with Gasteiger partial charge in [0.05, 0.1) is 17.6 Å². The van der Waals surface area contributed by atoms with Crippen molar-refractivity contribution < 1.29 is 23.8 Å². The van der Waals surface area contributed by atoms with Crippen molar-refractivity contribution in [1.82, 2.24) is 5.32 Å². The van der Waals surface area contributed by atoms with Crippen LogP contribution in [0.2, 0.25) is 0 Å². The summed E-state index contributed by atoms with van der Waals surface area (Å²) in [5.41, 5.74) is -1.08. The van der Waals surface area contributed by atoms with E-state index in [2.05, 4.69) is 17.9 Å². The summed E-state index contributed by atoms with van der Waals surface area (Å²) in [6.07, 6.45) is 0.355. The highest BCUT2D eigenvalue weighted by atomic mass is 32.1. The maximum absolute atomic E-state index is 12.3. The highest BCUT2D eigenvalue weighted by Crippen LogP contribution is 2.34. The van der Waals surface area contributed by atoms with Crippen molar-refractivity contribution in [2.24, 2.45) is 11.3 Å². The summed E-state index contributed by atoms with van der Waals surface area (Å²) < 4.78 is 16.5. The van der Waals surface area contributed by atoms with E-state index in [1.54, 1.807) is 34.6 Å². The minimum atomic E-state index is -0.834. The fourth-order valence-electron chi connectivity index (χ4n) is 1.99. The molecule has 1 N–H and O–H groups in total. The van der Waals surface area contributed by atoms with Crippen LogP contribution in [0.3, 0.4) is 0 Å². The number of thiol groups is 1. The summed E-state index contributed by atoms with van der Waals surface area (Å²) in [7, 11) is 0. The molecule has 0 heterocycles. The molecule has 7 heteroatoms. The van der Waals surface area contributed by atoms with Crippen LogP contribution in [0.1, 0.15) is 61.8 Å². The van der Waals surface area contributed by atoms with Gasteiger partial charge in [0.25, 0.3) is 0 Å². The predicted molar refractivity (Wildman–Crippen MR) is 101 cm³/mol. The van der Waals surface area contributed by atoms with Crippen LogP contribution in [0.15, 0.2) is 0 Å². The standard InChI is InChI=1S/C18H35NO5S/c1-13(2)14(20)19-9-10-22-15(21)17(6,7)11-18(8,25)24-12-23-16(3,4)5/h13,25H,9-12H2,1-8H3,(H,19,20). The molecular weight excluding hydrogens is 342 g/mol. The normalized spacial score (nSPS) is 15.0. The molecule has 0 fully saturated rings. The van der Waals surface area contributed by atoms with Crippen LogP contribution in [0.5, 0.6) is 0 Å². The molecule has 0 aromatic carbocycles. The van der Waals surface area contributed by atoms with Gasteiger partial charge in [0, 0.05) is 12.3 Å². The number of hydrogen-bond donors (Lipinski definition) is 2. The average molecular weight is 378 g/mol. The molecule has 0 aliphatic rings. The van der Waals surface area contributed by atoms with E-state index in [9.17, 15) is 9.59 Å². The first-order valence-electron chi connectivity index (χ1n) is 8.61. The monoisotopic (exact) mass is 377 g/mol. The van der Waals surface area contributed by atoms with Crippen LogP contribution in [0.25, 0.3) is 0 Å². The van der Waals surface area contributed by atoms with Gasteiger partial charge in [0.15, 0.2) is 0 Å². The van der Waals surface area contributed by atoms with Crippen LogP contribution in [0, 0.1) is 11.3 Å². The summed E-state index contributed by atoms with van der Waals surface area (Å²) in [6.45, 7) is 15.3. The van der Waals surface area contributed by atoms with E-state index in [-0.39, 0.29) is 36.8 Å². The fourth-order valence-corrected chi connectivity index (χ4v) is 2.44. The Morgan fingerprint density at radius 1 is 1.04 bits per heavy atom. The number of ether oxygens (including phenoxy) is 3. The number of amides is 1. The Kier molecular flexibility index (Phi) is 9.47. The molecular formula is C18H35NO5S. The highest BCUT2D eigenvalue weighted by molar-refractivity contribution is 7.81. The van der Waals surface area contributed by atoms with Crippen LogP contribution < -0.4 is 5.32 Å². The lowest BCUT2D eigenvalue weighted by Crippen LogP contribution is -2.38. The number of carbonyl (C=O) groups is 2. The molecule has 1 amide bonds. The van der Waals surface area contributed by atoms with Crippen LogP contribution in [0.4, 0.5) is 0 Å². The Labute approximate surface area is 157 Å². The molecule has 0 aliphatic carbocycles. The second kappa shape index (κ2) is 9.78. The maximum atomic E-state index is 12.3. The molecule has 0 aliphatic heterocycles. The number of esters is 1. The van der Waals surface area contributed by atoms with Gasteiger partial charge >= 0.3 is 5.97 Å². The van der Waals surface area contributed by atoms with Gasteiger partial charge in [0.1, 0.15) is 18.3 Å². The zero-order chi connectivity index (χ0) is 19.9. The molecule has 0 rings (SSSR count). The quantitative estimate of drug-likeness (QED) is 0.265. The zero-order valence-electron chi connectivity index (χ0n) is 16.9. The third-order valence-corrected chi connectivity index (χ3v) is 3.63. The van der Waals surface area contributed by atoms with Crippen LogP contribution in [-0.4, -0.2) is 42.4 Å². The van der Waals surface area contributed by atoms with E-state index < -0.39 is 10.3 Å². The Bertz CT molecular complexity index is 441. The largest absolute Gasteiger partial charge is 0.463 e. The van der Waals surface area contributed by atoms with Crippen LogP contribution in [-0.2, 0) is 23.8 Å². The van der Waals surface area contributed by atoms with E-state index >= 15 is 0 Å². The summed E-state index contributed by atoms with van der Waals surface area (Å²) in [5.74, 6) is -0.512. The first-order valence-corrected chi connectivity index (χ1v) is 9.06. The fraction of sp³-hybridized carbons (Fsp3) is 0.889. The molecule has 0 saturated heterocycles. The summed E-state index contributed by atoms with van der Waals surface area (Å²) in [6, 6.07) is 0. The number of carbonyl (C=O) groups excluding carboxylic acids is 2. The first kappa shape index (κ1) is 24.2. The summed E-state index contributed by atoms with van der Waals surface area (Å²) in [5, 5.41) is 2.71. The van der Waals surface area contributed by atoms with E-state index in [0.717, 1.165) is 0 Å². The lowest BCUT2D eigenvalue weighted by Gasteiger charge is -2.33. The molecule has 6 nitrogen and oxygen atoms in total. The predicted octanol–water partition coefficient (Wildman–Crippen LogP) is 3.15. The smallest absolute Gasteiger partial charge is 0.311 e. The molecule has 25 heavy (non-hydrogen) atoms. The zero-order valence-corrected chi connectivity index (χ0v) is 17.8. The minimum Gasteiger partial charge on any atom is -0.463 e. The lowest BCUT2D eigenvalue weighted by atomic mass is 9.87. The number of rotatable bonds is 10. The second-order valence-corrected chi connectivity index (χ2v) is 9.28. The van der Waals surface area contributed by atoms with Gasteiger partial charge in [-0.25, -0.2) is 0 Å². The molecule has 0 aromatic rings. The van der Waals surface area contributed by atoms with Crippen molar-refractivity contribution in [2.45, 2.75) is 72.3 Å². The van der Waals surface area contributed by atoms with Gasteiger partial charge < -0.3 is 19.5 Å². The van der Waals surface area contributed by atoms with Gasteiger partial charge in [-0.15, -0.1) is 12.6 Å². The van der Waals surface area contributed by atoms with Gasteiger partial charge in [0.2, 0.25) is 5.91 Å². The molecule has 148 valence electrons. The van der Waals surface area contributed by atoms with Crippen LogP contribution >= 0.6 is 12.6 Å². The third-order valence-electron chi connectivity index (χ3n) is 3.34. The summed E-state index contributed by atoms with van der Waals surface area (Å²) >= 11 is 4.50. The molecule has 0 bridgehead atoms. The highest BCUT2D eigenvalue weighted by Gasteiger charge is 2.37. The van der Waals surface area contributed by atoms with E-state index in [4.69, 9.17) is 14.2 Å². The SMILES string of the molecule is CC(C)C(=O)NCCOC(=O)C(C)(C)CC(C)(S)OCOC(C)(C)C. The van der Waals surface area contributed by atoms with Crippen molar-refractivity contribution in [3.8, 4) is 0 Å². The third kappa shape index (κ3) is 11.4. The van der Waals surface area contributed by atoms with E-state index in [1.165, 1.54) is 0 Å². The Morgan fingerprint density at radius 3 is 2.08 bits per heavy atom. The minimum absolute atomic E-state index is 0.0644. The Hall–Kier alpha value is -0.790. The maximum Gasteiger partial charge on any atom is 0.311 e. The Balaban J connectivity index is 4.34. The van der Waals surface area contributed by atoms with Crippen molar-refractivity contribution in [3.63, 3.8) is 0 Å². The van der Waals surface area contributed by atoms with E-state index in [0.29, 0.717) is 13.0 Å². The summed E-state index contributed by atoms with van der Waals surface area (Å²) in [4.78, 5) is 22.9. The molecule has 0 saturated carbocycles. The molecule has 0 aromatic heterocycles. The molecule has 0 radical (unpaired) electrons. The lowest BCUT2D eigenvalue weighted by molar-refractivity contribution is -0.168. The van der Waals surface area contributed by atoms with Crippen molar-refractivity contribution in [2.75, 3.05) is 19.9 Å². The number of nitrogens with one attached hydrogen (secondary N) is 1. The van der Waals surface area contributed by atoms with Crippen molar-refractivity contribution >= 4 is 24.5 Å². The van der Waals surface area contributed by atoms with Gasteiger partial charge in [-0.3, -0.25) is 9.59 Å². The average Bonchev–Trinajstić information content (AvgIpc) is 2.39. The molecule has 1 atom stereocenters. The molecule has 0 spiro atoms. The van der Waals surface area contributed by atoms with Gasteiger partial charge in [-0.2, -0.15) is 0 Å². The van der Waals surface area contributed by atoms with E-state index in [1.807, 2.05) is 20.8 Å². The number of hydrogen-bond acceptors (Lipinski definition) is 6. The van der Waals surface area contributed by atoms with Crippen molar-refractivity contribution in [1.29, 1.82) is 0 Å². The van der Waals surface area contributed by atoms with Gasteiger partial charge in [-0.1, -0.05) is 13.8 Å². The second-order valence-electron chi connectivity index (χ2n) is 8.34. The first-order chi connectivity index (χ1) is 11.2. The topological polar surface area (TPSA) is 73.9 Å². The van der Waals surface area contributed by atoms with Gasteiger partial charge in [-0.05, 0) is 41.5 Å².